The van der Waals surface area contributed by atoms with Gasteiger partial charge < -0.3 is 40.7 Å². The molecule has 4 rings (SSSR count). The first-order chi connectivity index (χ1) is 21.7. The van der Waals surface area contributed by atoms with Gasteiger partial charge in [-0.2, -0.15) is 0 Å². The lowest BCUT2D eigenvalue weighted by Gasteiger charge is -2.24. The summed E-state index contributed by atoms with van der Waals surface area (Å²) >= 11 is 0. The zero-order valence-electron chi connectivity index (χ0n) is 25.2. The molecule has 1 saturated heterocycles. The normalized spacial score (nSPS) is 16.4. The van der Waals surface area contributed by atoms with Gasteiger partial charge in [0.1, 0.15) is 25.1 Å². The molecule has 3 aromatic rings. The third-order valence-corrected chi connectivity index (χ3v) is 7.28. The largest absolute Gasteiger partial charge is 0.480 e. The predicted octanol–water partition coefficient (Wildman–Crippen LogP) is 3.30. The van der Waals surface area contributed by atoms with Gasteiger partial charge in [0.05, 0.1) is 18.7 Å². The fourth-order valence-corrected chi connectivity index (χ4v) is 4.88. The maximum Gasteiger partial charge on any atom is 0.410 e. The van der Waals surface area contributed by atoms with Crippen molar-refractivity contribution in [1.29, 1.82) is 0 Å². The van der Waals surface area contributed by atoms with Gasteiger partial charge in [0.2, 0.25) is 5.91 Å². The first kappa shape index (κ1) is 32.7. The van der Waals surface area contributed by atoms with E-state index in [1.165, 1.54) is 0 Å². The highest BCUT2D eigenvalue weighted by molar-refractivity contribution is 5.93. The highest BCUT2D eigenvalue weighted by Crippen LogP contribution is 2.23. The summed E-state index contributed by atoms with van der Waals surface area (Å²) in [5.74, 6) is -1.22. The summed E-state index contributed by atoms with van der Waals surface area (Å²) in [6, 6.07) is 17.9. The van der Waals surface area contributed by atoms with Gasteiger partial charge in [0, 0.05) is 25.0 Å². The van der Waals surface area contributed by atoms with Crippen molar-refractivity contribution in [3.8, 4) is 0 Å². The number of carbonyl (C=O) groups is 4. The number of nitrogens with zero attached hydrogens (tertiary/aromatic N) is 2. The number of aromatic nitrogens is 1. The van der Waals surface area contributed by atoms with E-state index in [1.807, 2.05) is 74.5 Å². The zero-order valence-corrected chi connectivity index (χ0v) is 25.2. The predicted molar refractivity (Wildman–Crippen MR) is 167 cm³/mol. The molecular formula is C32H38N6O7. The first-order valence-electron chi connectivity index (χ1n) is 14.6. The molecule has 0 spiro atoms. The second kappa shape index (κ2) is 16.1. The van der Waals surface area contributed by atoms with Crippen molar-refractivity contribution in [2.75, 3.05) is 36.9 Å². The third kappa shape index (κ3) is 9.93. The van der Waals surface area contributed by atoms with Crippen molar-refractivity contribution >= 4 is 35.5 Å². The van der Waals surface area contributed by atoms with Gasteiger partial charge in [0.25, 0.3) is 0 Å². The van der Waals surface area contributed by atoms with Gasteiger partial charge >= 0.3 is 18.1 Å². The fraction of sp³-hybridized carbons (Fsp3) is 0.344. The van der Waals surface area contributed by atoms with Crippen LogP contribution in [0.2, 0.25) is 0 Å². The third-order valence-electron chi connectivity index (χ3n) is 7.28. The molecule has 0 bridgehead atoms. The average Bonchev–Trinajstić information content (AvgIpc) is 3.45. The van der Waals surface area contributed by atoms with E-state index in [9.17, 15) is 24.3 Å². The SMILES string of the molecule is Cc1cccc(C)c1NC(=O)NC(CNC(=O)COC1CC(CNc2ccccn2)N(C(=O)OCc2ccccc2)C1)C(=O)O. The van der Waals surface area contributed by atoms with Gasteiger partial charge in [-0.25, -0.2) is 19.4 Å². The molecule has 0 aliphatic carbocycles. The summed E-state index contributed by atoms with van der Waals surface area (Å²) in [6.45, 7) is 3.65. The Kier molecular flexibility index (Phi) is 11.7. The Labute approximate surface area is 261 Å². The summed E-state index contributed by atoms with van der Waals surface area (Å²) in [5, 5.41) is 20.3. The lowest BCUT2D eigenvalue weighted by atomic mass is 10.1. The average molecular weight is 619 g/mol. The highest BCUT2D eigenvalue weighted by atomic mass is 16.6. The molecule has 45 heavy (non-hydrogen) atoms. The summed E-state index contributed by atoms with van der Waals surface area (Å²) in [4.78, 5) is 55.7. The molecule has 2 heterocycles. The Balaban J connectivity index is 1.27. The van der Waals surface area contributed by atoms with Gasteiger partial charge in [-0.05, 0) is 49.1 Å². The molecule has 13 heteroatoms. The van der Waals surface area contributed by atoms with Gasteiger partial charge in [-0.15, -0.1) is 0 Å². The molecule has 0 radical (unpaired) electrons. The number of pyridine rings is 1. The number of benzene rings is 2. The number of rotatable bonds is 13. The van der Waals surface area contributed by atoms with Crippen molar-refractivity contribution in [2.45, 2.75) is 45.1 Å². The van der Waals surface area contributed by atoms with Crippen LogP contribution in [0.25, 0.3) is 0 Å². The van der Waals surface area contributed by atoms with Crippen LogP contribution in [0.4, 0.5) is 21.1 Å². The Morgan fingerprint density at radius 1 is 1.00 bits per heavy atom. The van der Waals surface area contributed by atoms with E-state index in [0.29, 0.717) is 24.5 Å². The summed E-state index contributed by atoms with van der Waals surface area (Å²) in [7, 11) is 0. The molecule has 1 aromatic heterocycles. The number of carbonyl (C=O) groups excluding carboxylic acids is 3. The molecule has 0 saturated carbocycles. The molecular weight excluding hydrogens is 580 g/mol. The van der Waals surface area contributed by atoms with Crippen molar-refractivity contribution in [3.63, 3.8) is 0 Å². The summed E-state index contributed by atoms with van der Waals surface area (Å²) in [5.41, 5.74) is 3.09. The van der Waals surface area contributed by atoms with E-state index in [4.69, 9.17) is 9.47 Å². The molecule has 1 aliphatic rings. The lowest BCUT2D eigenvalue weighted by molar-refractivity contribution is -0.139. The van der Waals surface area contributed by atoms with Crippen LogP contribution in [0.15, 0.2) is 72.9 Å². The Morgan fingerprint density at radius 3 is 2.42 bits per heavy atom. The van der Waals surface area contributed by atoms with Crippen LogP contribution in [0, 0.1) is 13.8 Å². The number of nitrogens with one attached hydrogen (secondary N) is 4. The minimum atomic E-state index is -1.37. The Morgan fingerprint density at radius 2 is 1.73 bits per heavy atom. The van der Waals surface area contributed by atoms with E-state index in [-0.39, 0.29) is 32.3 Å². The van der Waals surface area contributed by atoms with Gasteiger partial charge in [0.15, 0.2) is 0 Å². The number of carboxylic acid groups (broad SMARTS) is 1. The van der Waals surface area contributed by atoms with Gasteiger partial charge in [-0.3, -0.25) is 4.79 Å². The Bertz CT molecular complexity index is 1440. The van der Waals surface area contributed by atoms with Crippen LogP contribution in [-0.4, -0.2) is 83.4 Å². The molecule has 238 valence electrons. The molecule has 3 atom stereocenters. The van der Waals surface area contributed by atoms with Crippen molar-refractivity contribution < 1.29 is 33.8 Å². The van der Waals surface area contributed by atoms with E-state index in [2.05, 4.69) is 26.3 Å². The smallest absolute Gasteiger partial charge is 0.410 e. The molecule has 1 aliphatic heterocycles. The van der Waals surface area contributed by atoms with Crippen molar-refractivity contribution in [1.82, 2.24) is 20.5 Å². The maximum absolute atomic E-state index is 13.0. The first-order valence-corrected chi connectivity index (χ1v) is 14.6. The zero-order chi connectivity index (χ0) is 32.2. The second-order valence-electron chi connectivity index (χ2n) is 10.7. The number of aryl methyl sites for hydroxylation is 2. The van der Waals surface area contributed by atoms with Crippen LogP contribution in [0.5, 0.6) is 0 Å². The van der Waals surface area contributed by atoms with E-state index in [1.54, 1.807) is 17.2 Å². The quantitative estimate of drug-likeness (QED) is 0.193. The van der Waals surface area contributed by atoms with E-state index in [0.717, 1.165) is 16.7 Å². The summed E-state index contributed by atoms with van der Waals surface area (Å²) in [6.07, 6.45) is 1.13. The van der Waals surface area contributed by atoms with Crippen LogP contribution in [0.1, 0.15) is 23.1 Å². The number of hydrogen-bond acceptors (Lipinski definition) is 8. The number of amides is 4. The molecule has 2 aromatic carbocycles. The molecule has 3 unspecified atom stereocenters. The minimum absolute atomic E-state index is 0.117. The monoisotopic (exact) mass is 618 g/mol. The number of aliphatic carboxylic acids is 1. The lowest BCUT2D eigenvalue weighted by Crippen LogP contribution is -2.50. The van der Waals surface area contributed by atoms with Crippen LogP contribution < -0.4 is 21.3 Å². The number of urea groups is 1. The van der Waals surface area contributed by atoms with Crippen molar-refractivity contribution in [2.24, 2.45) is 0 Å². The number of likely N-dealkylation sites (tertiary alicyclic amines) is 1. The van der Waals surface area contributed by atoms with Gasteiger partial charge in [-0.1, -0.05) is 54.6 Å². The fourth-order valence-electron chi connectivity index (χ4n) is 4.88. The van der Waals surface area contributed by atoms with Crippen LogP contribution >= 0.6 is 0 Å². The highest BCUT2D eigenvalue weighted by Gasteiger charge is 2.37. The number of anilines is 2. The summed E-state index contributed by atoms with van der Waals surface area (Å²) < 4.78 is 11.4. The molecule has 13 nitrogen and oxygen atoms in total. The topological polar surface area (TPSA) is 171 Å². The molecule has 1 fully saturated rings. The Hall–Kier alpha value is -5.17. The number of carboxylic acids is 1. The van der Waals surface area contributed by atoms with Crippen molar-refractivity contribution in [3.05, 3.63) is 89.6 Å². The number of ether oxygens (including phenoxy) is 2. The van der Waals surface area contributed by atoms with E-state index < -0.39 is 36.1 Å². The molecule has 5 N–H and O–H groups in total. The van der Waals surface area contributed by atoms with Crippen LogP contribution in [-0.2, 0) is 25.7 Å². The maximum atomic E-state index is 13.0. The number of para-hydroxylation sites is 1. The molecule has 4 amide bonds. The second-order valence-corrected chi connectivity index (χ2v) is 10.7. The van der Waals surface area contributed by atoms with E-state index >= 15 is 0 Å². The standard InChI is InChI=1S/C32H38N6O7/c1-21-9-8-10-22(2)29(21)37-31(42)36-26(30(40)41)17-35-28(39)20-44-25-15-24(16-34-27-13-6-7-14-33-27)38(18-25)32(43)45-19-23-11-4-3-5-12-23/h3-14,24-26H,15-20H2,1-2H3,(H,33,34)(H,35,39)(H,40,41)(H2,36,37,42). The van der Waals surface area contributed by atoms with Crippen LogP contribution in [0.3, 0.4) is 0 Å². The number of hydrogen-bond donors (Lipinski definition) is 5. The minimum Gasteiger partial charge on any atom is -0.480 e.